The molecule has 0 fully saturated rings. The van der Waals surface area contributed by atoms with E-state index >= 15 is 0 Å². The molecule has 6 nitrogen and oxygen atoms in total. The predicted molar refractivity (Wildman–Crippen MR) is 87.9 cm³/mol. The number of halogens is 4. The van der Waals surface area contributed by atoms with E-state index < -0.39 is 29.5 Å². The van der Waals surface area contributed by atoms with Gasteiger partial charge in [0.15, 0.2) is 0 Å². The summed E-state index contributed by atoms with van der Waals surface area (Å²) in [5.41, 5.74) is 0.219. The van der Waals surface area contributed by atoms with Crippen molar-refractivity contribution in [1.82, 2.24) is 10.7 Å². The topological polar surface area (TPSA) is 79.5 Å². The average Bonchev–Trinajstić information content (AvgIpc) is 2.65. The molecule has 0 saturated heterocycles. The van der Waals surface area contributed by atoms with E-state index in [4.69, 9.17) is 0 Å². The normalized spacial score (nSPS) is 13.4. The van der Waals surface area contributed by atoms with Gasteiger partial charge in [-0.25, -0.2) is 9.18 Å². The number of carbonyl (C=O) groups excluding carboxylic acids is 2. The Labute approximate surface area is 151 Å². The van der Waals surface area contributed by atoms with Crippen LogP contribution in [0.4, 0.5) is 23.2 Å². The number of anilines is 1. The average molecular weight is 385 g/mol. The van der Waals surface area contributed by atoms with E-state index in [0.29, 0.717) is 0 Å². The largest absolute Gasteiger partial charge is 0.466 e. The van der Waals surface area contributed by atoms with Crippen LogP contribution in [0.25, 0.3) is 0 Å². The number of amides is 1. The molecule has 0 radical (unpaired) electrons. The quantitative estimate of drug-likeness (QED) is 0.308. The minimum atomic E-state index is -5.28. The number of alkyl halides is 3. The Kier molecular flexibility index (Phi) is 6.01. The molecule has 0 aromatic heterocycles. The van der Waals surface area contributed by atoms with Gasteiger partial charge in [-0.1, -0.05) is 18.2 Å². The number of methoxy groups -OCH3 is 1. The first-order chi connectivity index (χ1) is 12.7. The monoisotopic (exact) mass is 385 g/mol. The van der Waals surface area contributed by atoms with Crippen LogP contribution < -0.4 is 16.2 Å². The number of hydrogen-bond acceptors (Lipinski definition) is 5. The number of rotatable bonds is 6. The highest BCUT2D eigenvalue weighted by Crippen LogP contribution is 2.30. The minimum absolute atomic E-state index is 0.0166. The molecular formula is C17H15F4N3O3. The fourth-order valence-corrected chi connectivity index (χ4v) is 2.08. The van der Waals surface area contributed by atoms with Crippen molar-refractivity contribution in [2.45, 2.75) is 11.8 Å². The fourth-order valence-electron chi connectivity index (χ4n) is 2.08. The van der Waals surface area contributed by atoms with Gasteiger partial charge in [0.2, 0.25) is 0 Å². The van der Waals surface area contributed by atoms with E-state index in [-0.39, 0.29) is 11.3 Å². The molecule has 2 rings (SSSR count). The molecule has 144 valence electrons. The summed E-state index contributed by atoms with van der Waals surface area (Å²) in [6.07, 6.45) is -5.28. The van der Waals surface area contributed by atoms with Crippen molar-refractivity contribution < 1.29 is 31.9 Å². The Bertz CT molecular complexity index is 797. The molecule has 3 N–H and O–H groups in total. The number of ether oxygens (including phenoxy) is 1. The van der Waals surface area contributed by atoms with Crippen molar-refractivity contribution in [3.8, 4) is 0 Å². The van der Waals surface area contributed by atoms with Gasteiger partial charge in [-0.05, 0) is 36.4 Å². The smallest absolute Gasteiger partial charge is 0.438 e. The minimum Gasteiger partial charge on any atom is -0.466 e. The Balaban J connectivity index is 2.35. The molecule has 0 aliphatic carbocycles. The number of nitrogens with one attached hydrogen (secondary N) is 3. The highest BCUT2D eigenvalue weighted by Gasteiger charge is 2.63. The summed E-state index contributed by atoms with van der Waals surface area (Å²) >= 11 is 0. The Morgan fingerprint density at radius 1 is 0.963 bits per heavy atom. The Morgan fingerprint density at radius 3 is 2.07 bits per heavy atom. The number of benzene rings is 2. The first kappa shape index (κ1) is 20.2. The summed E-state index contributed by atoms with van der Waals surface area (Å²) in [7, 11) is 0.747. The van der Waals surface area contributed by atoms with Crippen LogP contribution in [-0.2, 0) is 9.53 Å². The lowest BCUT2D eigenvalue weighted by molar-refractivity contribution is -0.215. The molecule has 0 unspecified atom stereocenters. The Hall–Kier alpha value is -3.14. The van der Waals surface area contributed by atoms with E-state index in [1.807, 2.05) is 0 Å². The molecule has 2 aromatic rings. The zero-order valence-corrected chi connectivity index (χ0v) is 13.9. The molecule has 0 saturated carbocycles. The number of esters is 1. The van der Waals surface area contributed by atoms with Crippen LogP contribution >= 0.6 is 0 Å². The second-order valence-corrected chi connectivity index (χ2v) is 5.32. The SMILES string of the molecule is COC(=O)[C@@](NNc1ccc(F)cc1)(NC(=O)c1ccccc1)C(F)(F)F. The van der Waals surface area contributed by atoms with E-state index in [2.05, 4.69) is 10.2 Å². The molecule has 27 heavy (non-hydrogen) atoms. The van der Waals surface area contributed by atoms with Gasteiger partial charge in [-0.3, -0.25) is 4.79 Å². The van der Waals surface area contributed by atoms with Gasteiger partial charge < -0.3 is 15.5 Å². The lowest BCUT2D eigenvalue weighted by atomic mass is 10.1. The standard InChI is InChI=1S/C17H15F4N3O3/c1-27-15(26)16(17(19,20)21,22-14(25)11-5-3-2-4-6-11)24-23-13-9-7-12(18)8-10-13/h2-10,23-24H,1H3,(H,22,25)/t16-/m0/s1. The van der Waals surface area contributed by atoms with Gasteiger partial charge in [-0.2, -0.15) is 18.6 Å². The summed E-state index contributed by atoms with van der Waals surface area (Å²) in [4.78, 5) is 24.3. The van der Waals surface area contributed by atoms with Gasteiger partial charge in [0.1, 0.15) is 5.82 Å². The second kappa shape index (κ2) is 8.04. The number of hydrogen-bond donors (Lipinski definition) is 3. The van der Waals surface area contributed by atoms with Gasteiger partial charge in [0, 0.05) is 11.3 Å². The zero-order valence-electron chi connectivity index (χ0n) is 13.9. The van der Waals surface area contributed by atoms with Crippen molar-refractivity contribution >= 4 is 17.6 Å². The maximum atomic E-state index is 13.8. The third-order valence-electron chi connectivity index (χ3n) is 3.49. The lowest BCUT2D eigenvalue weighted by Gasteiger charge is -2.34. The molecule has 0 aliphatic heterocycles. The van der Waals surface area contributed by atoms with Crippen LogP contribution in [0.1, 0.15) is 10.4 Å². The van der Waals surface area contributed by atoms with Crippen LogP contribution in [0.15, 0.2) is 54.6 Å². The third-order valence-corrected chi connectivity index (χ3v) is 3.49. The van der Waals surface area contributed by atoms with Gasteiger partial charge in [-0.15, -0.1) is 0 Å². The van der Waals surface area contributed by atoms with Crippen molar-refractivity contribution in [3.63, 3.8) is 0 Å². The lowest BCUT2D eigenvalue weighted by Crippen LogP contribution is -2.73. The van der Waals surface area contributed by atoms with Crippen LogP contribution in [-0.4, -0.2) is 30.8 Å². The van der Waals surface area contributed by atoms with Gasteiger partial charge >= 0.3 is 17.8 Å². The summed E-state index contributed by atoms with van der Waals surface area (Å²) in [6.45, 7) is 0. The van der Waals surface area contributed by atoms with Crippen LogP contribution in [0, 0.1) is 5.82 Å². The van der Waals surface area contributed by atoms with Crippen molar-refractivity contribution in [1.29, 1.82) is 0 Å². The maximum absolute atomic E-state index is 13.8. The predicted octanol–water partition coefficient (Wildman–Crippen LogP) is 2.60. The summed E-state index contributed by atoms with van der Waals surface area (Å²) in [5, 5.41) is 1.63. The van der Waals surface area contributed by atoms with E-state index in [1.165, 1.54) is 24.3 Å². The molecule has 0 bridgehead atoms. The highest BCUT2D eigenvalue weighted by atomic mass is 19.4. The molecule has 1 amide bonds. The third kappa shape index (κ3) is 4.53. The van der Waals surface area contributed by atoms with Crippen molar-refractivity contribution in [2.24, 2.45) is 0 Å². The van der Waals surface area contributed by atoms with Crippen LogP contribution in [0.3, 0.4) is 0 Å². The van der Waals surface area contributed by atoms with Crippen LogP contribution in [0.5, 0.6) is 0 Å². The molecule has 0 spiro atoms. The first-order valence-corrected chi connectivity index (χ1v) is 7.51. The summed E-state index contributed by atoms with van der Waals surface area (Å²) in [5.74, 6) is -3.56. The van der Waals surface area contributed by atoms with Gasteiger partial charge in [0.25, 0.3) is 5.91 Å². The maximum Gasteiger partial charge on any atom is 0.438 e. The van der Waals surface area contributed by atoms with E-state index in [9.17, 15) is 27.2 Å². The molecule has 0 heterocycles. The number of hydrazine groups is 1. The van der Waals surface area contributed by atoms with E-state index in [0.717, 1.165) is 31.4 Å². The molecule has 10 heteroatoms. The van der Waals surface area contributed by atoms with Crippen LogP contribution in [0.2, 0.25) is 0 Å². The highest BCUT2D eigenvalue weighted by molar-refractivity contribution is 5.98. The van der Waals surface area contributed by atoms with Gasteiger partial charge in [0.05, 0.1) is 7.11 Å². The molecule has 2 aromatic carbocycles. The fraction of sp³-hybridized carbons (Fsp3) is 0.176. The first-order valence-electron chi connectivity index (χ1n) is 7.51. The van der Waals surface area contributed by atoms with E-state index in [1.54, 1.807) is 16.8 Å². The summed E-state index contributed by atoms with van der Waals surface area (Å²) in [6, 6.07) is 11.3. The zero-order chi connectivity index (χ0) is 20.1. The van der Waals surface area contributed by atoms with Crippen molar-refractivity contribution in [2.75, 3.05) is 12.5 Å². The molecule has 1 atom stereocenters. The molecule has 0 aliphatic rings. The molecular weight excluding hydrogens is 370 g/mol. The number of carbonyl (C=O) groups is 2. The van der Waals surface area contributed by atoms with Crippen molar-refractivity contribution in [3.05, 3.63) is 66.0 Å². The Morgan fingerprint density at radius 2 is 1.56 bits per heavy atom. The second-order valence-electron chi connectivity index (χ2n) is 5.32. The summed E-state index contributed by atoms with van der Waals surface area (Å²) < 4.78 is 58.5.